The summed E-state index contributed by atoms with van der Waals surface area (Å²) in [6, 6.07) is 14.8. The van der Waals surface area contributed by atoms with E-state index in [1.165, 1.54) is 6.26 Å². The fourth-order valence-corrected chi connectivity index (χ4v) is 3.42. The van der Waals surface area contributed by atoms with E-state index in [9.17, 15) is 8.42 Å². The van der Waals surface area contributed by atoms with Gasteiger partial charge >= 0.3 is 0 Å². The first-order chi connectivity index (χ1) is 12.9. The lowest BCUT2D eigenvalue weighted by Gasteiger charge is -2.11. The van der Waals surface area contributed by atoms with Gasteiger partial charge in [-0.25, -0.2) is 8.42 Å². The molecule has 0 aliphatic heterocycles. The van der Waals surface area contributed by atoms with Gasteiger partial charge in [0.25, 0.3) is 0 Å². The highest BCUT2D eigenvalue weighted by Gasteiger charge is 2.06. The molecule has 2 N–H and O–H groups in total. The van der Waals surface area contributed by atoms with Crippen molar-refractivity contribution >= 4 is 51.4 Å². The first-order valence-corrected chi connectivity index (χ1v) is 11.2. The van der Waals surface area contributed by atoms with Crippen LogP contribution < -0.4 is 10.6 Å². The van der Waals surface area contributed by atoms with Crippen molar-refractivity contribution in [1.29, 1.82) is 0 Å². The number of nitrogens with zero attached hydrogens (tertiary/aromatic N) is 1. The smallest absolute Gasteiger partial charge is 0.191 e. The number of benzene rings is 2. The first kappa shape index (κ1) is 24.7. The summed E-state index contributed by atoms with van der Waals surface area (Å²) in [5.74, 6) is 0.761. The van der Waals surface area contributed by atoms with Gasteiger partial charge in [-0.3, -0.25) is 4.99 Å². The molecule has 0 fully saturated rings. The third kappa shape index (κ3) is 8.36. The molecule has 0 heterocycles. The molecule has 0 aliphatic carbocycles. The van der Waals surface area contributed by atoms with Crippen LogP contribution in [-0.2, 0) is 22.7 Å². The van der Waals surface area contributed by atoms with Crippen LogP contribution in [0.5, 0.6) is 0 Å². The highest BCUT2D eigenvalue weighted by molar-refractivity contribution is 14.0. The molecule has 0 saturated carbocycles. The van der Waals surface area contributed by atoms with Gasteiger partial charge in [0.2, 0.25) is 0 Å². The number of sulfone groups is 1. The number of rotatable bonds is 8. The van der Waals surface area contributed by atoms with Gasteiger partial charge in [-0.05, 0) is 49.1 Å². The SMILES string of the molecule is CCNC(=NCCc1ccccc1Cl)NCCc1ccc(S(C)(=O)=O)cc1.I. The first-order valence-electron chi connectivity index (χ1n) is 8.94. The Balaban J connectivity index is 0.00000392. The van der Waals surface area contributed by atoms with Crippen molar-refractivity contribution in [2.24, 2.45) is 4.99 Å². The Hall–Kier alpha value is -1.32. The molecule has 0 amide bonds. The van der Waals surface area contributed by atoms with Crippen LogP contribution in [0.4, 0.5) is 0 Å². The van der Waals surface area contributed by atoms with E-state index in [1.54, 1.807) is 12.1 Å². The minimum absolute atomic E-state index is 0. The molecule has 0 aliphatic rings. The van der Waals surface area contributed by atoms with Crippen LogP contribution in [0.25, 0.3) is 0 Å². The van der Waals surface area contributed by atoms with Crippen LogP contribution >= 0.6 is 35.6 Å². The van der Waals surface area contributed by atoms with E-state index in [-0.39, 0.29) is 24.0 Å². The van der Waals surface area contributed by atoms with Gasteiger partial charge in [0, 0.05) is 30.9 Å². The number of halogens is 2. The van der Waals surface area contributed by atoms with Crippen molar-refractivity contribution in [3.05, 3.63) is 64.7 Å². The Morgan fingerprint density at radius 2 is 1.71 bits per heavy atom. The third-order valence-electron chi connectivity index (χ3n) is 4.01. The molecule has 0 bridgehead atoms. The highest BCUT2D eigenvalue weighted by Crippen LogP contribution is 2.15. The quantitative estimate of drug-likeness (QED) is 0.307. The average Bonchev–Trinajstić information content (AvgIpc) is 2.63. The zero-order valence-corrected chi connectivity index (χ0v) is 20.0. The molecule has 2 rings (SSSR count). The zero-order valence-electron chi connectivity index (χ0n) is 16.1. The van der Waals surface area contributed by atoms with E-state index in [4.69, 9.17) is 11.6 Å². The standard InChI is InChI=1S/C20H26ClN3O2S.HI/c1-3-22-20(24-15-13-17-6-4-5-7-19(17)21)23-14-12-16-8-10-18(11-9-16)27(2,25)26;/h4-11H,3,12-15H2,1-2H3,(H2,22,23,24);1H. The lowest BCUT2D eigenvalue weighted by Crippen LogP contribution is -2.38. The lowest BCUT2D eigenvalue weighted by atomic mass is 10.1. The van der Waals surface area contributed by atoms with E-state index in [0.717, 1.165) is 41.5 Å². The normalized spacial score (nSPS) is 11.6. The van der Waals surface area contributed by atoms with E-state index >= 15 is 0 Å². The summed E-state index contributed by atoms with van der Waals surface area (Å²) in [7, 11) is -3.15. The second-order valence-electron chi connectivity index (χ2n) is 6.19. The Morgan fingerprint density at radius 3 is 2.32 bits per heavy atom. The summed E-state index contributed by atoms with van der Waals surface area (Å²) in [5.41, 5.74) is 2.16. The molecule has 28 heavy (non-hydrogen) atoms. The van der Waals surface area contributed by atoms with Gasteiger partial charge in [-0.1, -0.05) is 41.9 Å². The predicted molar refractivity (Wildman–Crippen MR) is 128 cm³/mol. The van der Waals surface area contributed by atoms with Gasteiger partial charge in [-0.15, -0.1) is 24.0 Å². The van der Waals surface area contributed by atoms with Crippen LogP contribution in [0.3, 0.4) is 0 Å². The minimum Gasteiger partial charge on any atom is -0.357 e. The lowest BCUT2D eigenvalue weighted by molar-refractivity contribution is 0.602. The molecule has 0 atom stereocenters. The molecule has 0 spiro atoms. The summed E-state index contributed by atoms with van der Waals surface area (Å²) in [4.78, 5) is 4.93. The van der Waals surface area contributed by atoms with Gasteiger partial charge in [-0.2, -0.15) is 0 Å². The molecule has 8 heteroatoms. The maximum atomic E-state index is 11.5. The molecule has 2 aromatic rings. The van der Waals surface area contributed by atoms with Crippen LogP contribution in [-0.4, -0.2) is 40.3 Å². The van der Waals surface area contributed by atoms with Crippen LogP contribution in [0.1, 0.15) is 18.1 Å². The van der Waals surface area contributed by atoms with Crippen LogP contribution in [0.15, 0.2) is 58.4 Å². The molecule has 154 valence electrons. The van der Waals surface area contributed by atoms with Crippen molar-refractivity contribution in [2.75, 3.05) is 25.9 Å². The van der Waals surface area contributed by atoms with E-state index in [1.807, 2.05) is 43.3 Å². The van der Waals surface area contributed by atoms with Crippen LogP contribution in [0.2, 0.25) is 5.02 Å². The molecule has 5 nitrogen and oxygen atoms in total. The Morgan fingerprint density at radius 1 is 1.04 bits per heavy atom. The number of hydrogen-bond donors (Lipinski definition) is 2. The molecular formula is C20H27ClIN3O2S. The van der Waals surface area contributed by atoms with Gasteiger partial charge < -0.3 is 10.6 Å². The topological polar surface area (TPSA) is 70.6 Å². The largest absolute Gasteiger partial charge is 0.357 e. The zero-order chi connectivity index (χ0) is 19.7. The van der Waals surface area contributed by atoms with Gasteiger partial charge in [0.05, 0.1) is 4.90 Å². The van der Waals surface area contributed by atoms with Crippen molar-refractivity contribution in [3.8, 4) is 0 Å². The number of aliphatic imine (C=N–C) groups is 1. The monoisotopic (exact) mass is 535 g/mol. The molecule has 0 saturated heterocycles. The number of guanidine groups is 1. The summed E-state index contributed by atoms with van der Waals surface area (Å²) in [6.07, 6.45) is 2.77. The van der Waals surface area contributed by atoms with E-state index in [2.05, 4.69) is 15.6 Å². The second kappa shape index (κ2) is 12.3. The Bertz CT molecular complexity index is 871. The van der Waals surface area contributed by atoms with E-state index < -0.39 is 9.84 Å². The fourth-order valence-electron chi connectivity index (χ4n) is 2.56. The molecular weight excluding hydrogens is 509 g/mol. The highest BCUT2D eigenvalue weighted by atomic mass is 127. The third-order valence-corrected chi connectivity index (χ3v) is 5.51. The second-order valence-corrected chi connectivity index (χ2v) is 8.62. The number of hydrogen-bond acceptors (Lipinski definition) is 3. The summed E-state index contributed by atoms with van der Waals surface area (Å²) >= 11 is 6.17. The molecule has 0 radical (unpaired) electrons. The Kier molecular flexibility index (Phi) is 10.8. The van der Waals surface area contributed by atoms with E-state index in [0.29, 0.717) is 18.0 Å². The van der Waals surface area contributed by atoms with Crippen molar-refractivity contribution in [3.63, 3.8) is 0 Å². The Labute approximate surface area is 189 Å². The van der Waals surface area contributed by atoms with Gasteiger partial charge in [0.15, 0.2) is 15.8 Å². The van der Waals surface area contributed by atoms with Crippen molar-refractivity contribution in [1.82, 2.24) is 10.6 Å². The fraction of sp³-hybridized carbons (Fsp3) is 0.350. The molecule has 0 unspecified atom stereocenters. The maximum Gasteiger partial charge on any atom is 0.191 e. The van der Waals surface area contributed by atoms with Gasteiger partial charge in [0.1, 0.15) is 0 Å². The number of nitrogens with one attached hydrogen (secondary N) is 2. The molecule has 2 aromatic carbocycles. The van der Waals surface area contributed by atoms with Crippen LogP contribution in [0, 0.1) is 0 Å². The summed E-state index contributed by atoms with van der Waals surface area (Å²) in [6.45, 7) is 4.15. The molecule has 0 aromatic heterocycles. The maximum absolute atomic E-state index is 11.5. The average molecular weight is 536 g/mol. The van der Waals surface area contributed by atoms with Crippen molar-refractivity contribution in [2.45, 2.75) is 24.7 Å². The van der Waals surface area contributed by atoms with Crippen molar-refractivity contribution < 1.29 is 8.42 Å². The summed E-state index contributed by atoms with van der Waals surface area (Å²) in [5, 5.41) is 7.29. The summed E-state index contributed by atoms with van der Waals surface area (Å²) < 4.78 is 23.0. The predicted octanol–water partition coefficient (Wildman–Crippen LogP) is 3.70. The minimum atomic E-state index is -3.15.